The third-order valence-electron chi connectivity index (χ3n) is 3.44. The number of sulfonamides is 1. The van der Waals surface area contributed by atoms with Crippen molar-refractivity contribution >= 4 is 10.0 Å². The van der Waals surface area contributed by atoms with Crippen molar-refractivity contribution in [3.63, 3.8) is 0 Å². The van der Waals surface area contributed by atoms with Crippen LogP contribution in [0.2, 0.25) is 0 Å². The SMILES string of the molecule is COc1ccc(S(=O)(=O)NOCCN2CCOCC2)c(OC)c1. The molecule has 1 aromatic rings. The summed E-state index contributed by atoms with van der Waals surface area (Å²) >= 11 is 0. The Kier molecular flexibility index (Phi) is 6.60. The van der Waals surface area contributed by atoms with E-state index < -0.39 is 10.0 Å². The Morgan fingerprint density at radius 3 is 2.61 bits per heavy atom. The molecule has 2 rings (SSSR count). The van der Waals surface area contributed by atoms with Gasteiger partial charge < -0.3 is 14.2 Å². The van der Waals surface area contributed by atoms with E-state index in [0.717, 1.165) is 13.1 Å². The first kappa shape index (κ1) is 18.0. The molecule has 1 aliphatic heterocycles. The Bertz CT molecular complexity index is 601. The minimum absolute atomic E-state index is 0.00725. The molecule has 0 spiro atoms. The number of nitrogens with zero attached hydrogens (tertiary/aromatic N) is 1. The Labute approximate surface area is 136 Å². The van der Waals surface area contributed by atoms with Gasteiger partial charge in [-0.05, 0) is 12.1 Å². The van der Waals surface area contributed by atoms with Crippen LogP contribution >= 0.6 is 0 Å². The molecule has 0 aromatic heterocycles. The average molecular weight is 346 g/mol. The molecule has 1 aromatic carbocycles. The van der Waals surface area contributed by atoms with Crippen molar-refractivity contribution in [3.05, 3.63) is 18.2 Å². The second-order valence-electron chi connectivity index (χ2n) is 4.91. The number of nitrogens with one attached hydrogen (secondary N) is 1. The van der Waals surface area contributed by atoms with Crippen LogP contribution < -0.4 is 14.4 Å². The molecule has 1 aliphatic rings. The number of rotatable bonds is 8. The van der Waals surface area contributed by atoms with E-state index in [1.165, 1.54) is 26.4 Å². The minimum Gasteiger partial charge on any atom is -0.497 e. The molecule has 0 aliphatic carbocycles. The Morgan fingerprint density at radius 1 is 1.22 bits per heavy atom. The molecular formula is C14H22N2O6S. The lowest BCUT2D eigenvalue weighted by Crippen LogP contribution is -2.39. The average Bonchev–Trinajstić information content (AvgIpc) is 2.59. The highest BCUT2D eigenvalue weighted by Crippen LogP contribution is 2.28. The predicted octanol–water partition coefficient (Wildman–Crippen LogP) is 0.246. The molecule has 1 fully saturated rings. The monoisotopic (exact) mass is 346 g/mol. The molecule has 0 saturated carbocycles. The lowest BCUT2D eigenvalue weighted by molar-refractivity contribution is 0.0125. The smallest absolute Gasteiger partial charge is 0.266 e. The van der Waals surface area contributed by atoms with Crippen LogP contribution in [0.15, 0.2) is 23.1 Å². The number of morpholine rings is 1. The van der Waals surface area contributed by atoms with E-state index in [4.69, 9.17) is 19.0 Å². The highest BCUT2D eigenvalue weighted by atomic mass is 32.2. The zero-order valence-corrected chi connectivity index (χ0v) is 14.1. The number of hydrogen-bond donors (Lipinski definition) is 1. The van der Waals surface area contributed by atoms with Gasteiger partial charge in [0, 0.05) is 25.7 Å². The second kappa shape index (κ2) is 8.46. The van der Waals surface area contributed by atoms with Crippen LogP contribution in [-0.4, -0.2) is 67.0 Å². The molecule has 0 amide bonds. The third-order valence-corrected chi connectivity index (χ3v) is 4.70. The molecule has 23 heavy (non-hydrogen) atoms. The van der Waals surface area contributed by atoms with Gasteiger partial charge in [-0.1, -0.05) is 4.89 Å². The van der Waals surface area contributed by atoms with E-state index in [9.17, 15) is 8.42 Å². The van der Waals surface area contributed by atoms with Crippen LogP contribution in [0, 0.1) is 0 Å². The Morgan fingerprint density at radius 2 is 1.96 bits per heavy atom. The van der Waals surface area contributed by atoms with Gasteiger partial charge in [-0.2, -0.15) is 0 Å². The summed E-state index contributed by atoms with van der Waals surface area (Å²) < 4.78 is 39.9. The number of methoxy groups -OCH3 is 2. The molecule has 0 atom stereocenters. The standard InChI is InChI=1S/C14H22N2O6S/c1-19-12-3-4-14(13(11-12)20-2)23(17,18)15-22-10-7-16-5-8-21-9-6-16/h3-4,11,15H,5-10H2,1-2H3. The van der Waals surface area contributed by atoms with Gasteiger partial charge in [-0.3, -0.25) is 9.74 Å². The van der Waals surface area contributed by atoms with E-state index >= 15 is 0 Å². The van der Waals surface area contributed by atoms with E-state index in [0.29, 0.717) is 25.5 Å². The quantitative estimate of drug-likeness (QED) is 0.533. The first-order chi connectivity index (χ1) is 11.1. The van der Waals surface area contributed by atoms with Crippen molar-refractivity contribution in [1.82, 2.24) is 9.79 Å². The van der Waals surface area contributed by atoms with Gasteiger partial charge in [0.1, 0.15) is 16.4 Å². The summed E-state index contributed by atoms with van der Waals surface area (Å²) in [4.78, 5) is 9.36. The van der Waals surface area contributed by atoms with Crippen LogP contribution in [0.25, 0.3) is 0 Å². The van der Waals surface area contributed by atoms with Crippen LogP contribution in [0.1, 0.15) is 0 Å². The Hall–Kier alpha value is -1.39. The van der Waals surface area contributed by atoms with E-state index in [1.807, 2.05) is 0 Å². The number of ether oxygens (including phenoxy) is 3. The second-order valence-corrected chi connectivity index (χ2v) is 6.52. The number of benzene rings is 1. The summed E-state index contributed by atoms with van der Waals surface area (Å²) in [5, 5.41) is 0. The summed E-state index contributed by atoms with van der Waals surface area (Å²) in [7, 11) is -0.935. The lowest BCUT2D eigenvalue weighted by atomic mass is 10.3. The van der Waals surface area contributed by atoms with Gasteiger partial charge in [-0.25, -0.2) is 8.42 Å². The van der Waals surface area contributed by atoms with Gasteiger partial charge >= 0.3 is 0 Å². The molecule has 130 valence electrons. The lowest BCUT2D eigenvalue weighted by Gasteiger charge is -2.26. The molecule has 8 nitrogen and oxygen atoms in total. The maximum absolute atomic E-state index is 12.3. The first-order valence-corrected chi connectivity index (χ1v) is 8.71. The van der Waals surface area contributed by atoms with Crippen LogP contribution in [-0.2, 0) is 19.6 Å². The van der Waals surface area contributed by atoms with Gasteiger partial charge in [-0.15, -0.1) is 0 Å². The largest absolute Gasteiger partial charge is 0.497 e. The topological polar surface area (TPSA) is 86.3 Å². The molecule has 0 bridgehead atoms. The zero-order valence-electron chi connectivity index (χ0n) is 13.3. The van der Waals surface area contributed by atoms with Crippen molar-refractivity contribution in [1.29, 1.82) is 0 Å². The van der Waals surface area contributed by atoms with Gasteiger partial charge in [0.05, 0.1) is 34.0 Å². The van der Waals surface area contributed by atoms with E-state index in [1.54, 1.807) is 6.07 Å². The van der Waals surface area contributed by atoms with Crippen molar-refractivity contribution in [3.8, 4) is 11.5 Å². The molecule has 1 N–H and O–H groups in total. The summed E-state index contributed by atoms with van der Waals surface area (Å²) in [6.45, 7) is 3.90. The highest BCUT2D eigenvalue weighted by Gasteiger charge is 2.20. The van der Waals surface area contributed by atoms with Gasteiger partial charge in [0.15, 0.2) is 0 Å². The molecule has 0 radical (unpaired) electrons. The van der Waals surface area contributed by atoms with Crippen molar-refractivity contribution in [2.75, 3.05) is 53.7 Å². The van der Waals surface area contributed by atoms with Crippen molar-refractivity contribution in [2.24, 2.45) is 0 Å². The van der Waals surface area contributed by atoms with Crippen LogP contribution in [0.3, 0.4) is 0 Å². The molecular weight excluding hydrogens is 324 g/mol. The molecule has 9 heteroatoms. The van der Waals surface area contributed by atoms with E-state index in [2.05, 4.69) is 9.79 Å². The van der Waals surface area contributed by atoms with Crippen LogP contribution in [0.4, 0.5) is 0 Å². The Balaban J connectivity index is 1.90. The fourth-order valence-corrected chi connectivity index (χ4v) is 3.14. The molecule has 1 saturated heterocycles. The maximum atomic E-state index is 12.3. The first-order valence-electron chi connectivity index (χ1n) is 7.22. The fourth-order valence-electron chi connectivity index (χ4n) is 2.16. The summed E-state index contributed by atoms with van der Waals surface area (Å²) in [6, 6.07) is 4.46. The number of hydrogen-bond acceptors (Lipinski definition) is 7. The fraction of sp³-hybridized carbons (Fsp3) is 0.571. The highest BCUT2D eigenvalue weighted by molar-refractivity contribution is 7.89. The molecule has 1 heterocycles. The summed E-state index contributed by atoms with van der Waals surface area (Å²) in [5.74, 6) is 0.697. The summed E-state index contributed by atoms with van der Waals surface area (Å²) in [5.41, 5.74) is 0. The zero-order chi connectivity index (χ0) is 16.7. The normalized spacial score (nSPS) is 16.3. The van der Waals surface area contributed by atoms with Crippen LogP contribution in [0.5, 0.6) is 11.5 Å². The predicted molar refractivity (Wildman–Crippen MR) is 83.1 cm³/mol. The van der Waals surface area contributed by atoms with Gasteiger partial charge in [0.2, 0.25) is 0 Å². The summed E-state index contributed by atoms with van der Waals surface area (Å²) in [6.07, 6.45) is 0. The maximum Gasteiger partial charge on any atom is 0.266 e. The molecule has 0 unspecified atom stereocenters. The van der Waals surface area contributed by atoms with Crippen molar-refractivity contribution < 1.29 is 27.5 Å². The van der Waals surface area contributed by atoms with E-state index in [-0.39, 0.29) is 17.3 Å². The van der Waals surface area contributed by atoms with Gasteiger partial charge in [0.25, 0.3) is 10.0 Å². The van der Waals surface area contributed by atoms with Crippen molar-refractivity contribution in [2.45, 2.75) is 4.90 Å². The minimum atomic E-state index is -3.83. The third kappa shape index (κ3) is 5.05.